The van der Waals surface area contributed by atoms with Gasteiger partial charge in [-0.2, -0.15) is 0 Å². The Morgan fingerprint density at radius 3 is 2.29 bits per heavy atom. The van der Waals surface area contributed by atoms with Crippen molar-refractivity contribution in [3.05, 3.63) is 18.0 Å². The molecule has 1 saturated heterocycles. The topological polar surface area (TPSA) is 81.3 Å². The summed E-state index contributed by atoms with van der Waals surface area (Å²) in [5.41, 5.74) is 7.03. The maximum absolute atomic E-state index is 12.2. The molecule has 6 nitrogen and oxygen atoms in total. The average molecular weight is 379 g/mol. The van der Waals surface area contributed by atoms with Gasteiger partial charge in [0.05, 0.1) is 6.04 Å². The molecule has 1 aromatic rings. The molecule has 0 saturated carbocycles. The first-order valence-electron chi connectivity index (χ1n) is 8.03. The predicted molar refractivity (Wildman–Crippen MR) is 98.9 cm³/mol. The van der Waals surface area contributed by atoms with Crippen molar-refractivity contribution in [1.82, 2.24) is 14.9 Å². The molecular formula is C16H28Cl2N4O2. The van der Waals surface area contributed by atoms with E-state index >= 15 is 0 Å². The van der Waals surface area contributed by atoms with E-state index in [0.717, 1.165) is 24.8 Å². The first kappa shape index (κ1) is 22.9. The number of nitrogens with zero attached hydrogens (tertiary/aromatic N) is 3. The zero-order valence-corrected chi connectivity index (χ0v) is 16.1. The van der Waals surface area contributed by atoms with E-state index in [1.807, 2.05) is 18.7 Å². The molecule has 1 aromatic heterocycles. The number of nitrogens with two attached hydrogens (primary N) is 1. The van der Waals surface area contributed by atoms with E-state index in [2.05, 4.69) is 16.9 Å². The van der Waals surface area contributed by atoms with Crippen LogP contribution in [0, 0.1) is 5.92 Å². The SMILES string of the molecule is CCc1cnc(OC2CCN(C(=O)[C@@H](N)C(C)C)CC2)nc1.Cl.Cl. The van der Waals surface area contributed by atoms with Gasteiger partial charge in [0.2, 0.25) is 5.91 Å². The Bertz CT molecular complexity index is 491. The smallest absolute Gasteiger partial charge is 0.316 e. The monoisotopic (exact) mass is 378 g/mol. The van der Waals surface area contributed by atoms with Crippen LogP contribution in [0.15, 0.2) is 12.4 Å². The summed E-state index contributed by atoms with van der Waals surface area (Å²) in [6, 6.07) is 0.00301. The zero-order chi connectivity index (χ0) is 16.1. The van der Waals surface area contributed by atoms with E-state index in [0.29, 0.717) is 19.1 Å². The Kier molecular flexibility index (Phi) is 10.2. The van der Waals surface area contributed by atoms with Gasteiger partial charge in [0.1, 0.15) is 6.10 Å². The highest BCUT2D eigenvalue weighted by Crippen LogP contribution is 2.17. The summed E-state index contributed by atoms with van der Waals surface area (Å²) in [4.78, 5) is 22.5. The highest BCUT2D eigenvalue weighted by molar-refractivity contribution is 5.85. The third kappa shape index (κ3) is 6.07. The fourth-order valence-corrected chi connectivity index (χ4v) is 2.43. The molecule has 2 heterocycles. The van der Waals surface area contributed by atoms with Crippen LogP contribution in [0.4, 0.5) is 0 Å². The molecule has 0 radical (unpaired) electrons. The van der Waals surface area contributed by atoms with Gasteiger partial charge in [-0.1, -0.05) is 20.8 Å². The summed E-state index contributed by atoms with van der Waals surface area (Å²) in [5, 5.41) is 0. The minimum absolute atomic E-state index is 0. The summed E-state index contributed by atoms with van der Waals surface area (Å²) in [6.45, 7) is 7.35. The molecule has 24 heavy (non-hydrogen) atoms. The first-order valence-corrected chi connectivity index (χ1v) is 8.03. The lowest BCUT2D eigenvalue weighted by Gasteiger charge is -2.33. The highest BCUT2D eigenvalue weighted by atomic mass is 35.5. The van der Waals surface area contributed by atoms with Gasteiger partial charge in [-0.25, -0.2) is 9.97 Å². The molecule has 138 valence electrons. The van der Waals surface area contributed by atoms with Crippen molar-refractivity contribution in [2.24, 2.45) is 11.7 Å². The number of rotatable bonds is 5. The molecule has 0 bridgehead atoms. The fourth-order valence-electron chi connectivity index (χ4n) is 2.43. The number of carbonyl (C=O) groups excluding carboxylic acids is 1. The largest absolute Gasteiger partial charge is 0.460 e. The number of aromatic nitrogens is 2. The second kappa shape index (κ2) is 10.7. The van der Waals surface area contributed by atoms with Crippen LogP contribution in [0.3, 0.4) is 0 Å². The number of hydrogen-bond donors (Lipinski definition) is 1. The summed E-state index contributed by atoms with van der Waals surface area (Å²) in [5.74, 6) is 0.198. The van der Waals surface area contributed by atoms with Gasteiger partial charge in [-0.05, 0) is 17.9 Å². The second-order valence-electron chi connectivity index (χ2n) is 6.14. The maximum Gasteiger partial charge on any atom is 0.316 e. The van der Waals surface area contributed by atoms with Crippen molar-refractivity contribution in [3.63, 3.8) is 0 Å². The van der Waals surface area contributed by atoms with E-state index in [1.54, 1.807) is 12.4 Å². The Balaban J connectivity index is 0.00000264. The number of ether oxygens (including phenoxy) is 1. The number of likely N-dealkylation sites (tertiary alicyclic amines) is 1. The average Bonchev–Trinajstić information content (AvgIpc) is 2.55. The van der Waals surface area contributed by atoms with Crippen LogP contribution in [0.1, 0.15) is 39.2 Å². The molecule has 1 aliphatic rings. The second-order valence-corrected chi connectivity index (χ2v) is 6.14. The van der Waals surface area contributed by atoms with Gasteiger partial charge in [-0.15, -0.1) is 24.8 Å². The Morgan fingerprint density at radius 1 is 1.29 bits per heavy atom. The van der Waals surface area contributed by atoms with Crippen molar-refractivity contribution >= 4 is 30.7 Å². The maximum atomic E-state index is 12.2. The van der Waals surface area contributed by atoms with Crippen LogP contribution in [-0.4, -0.2) is 46.0 Å². The first-order chi connectivity index (χ1) is 10.5. The third-order valence-electron chi connectivity index (χ3n) is 4.12. The summed E-state index contributed by atoms with van der Waals surface area (Å²) in [6.07, 6.45) is 6.14. The van der Waals surface area contributed by atoms with Crippen molar-refractivity contribution in [2.75, 3.05) is 13.1 Å². The van der Waals surface area contributed by atoms with E-state index in [1.165, 1.54) is 0 Å². The van der Waals surface area contributed by atoms with Crippen LogP contribution in [0.2, 0.25) is 0 Å². The number of piperidine rings is 1. The van der Waals surface area contributed by atoms with E-state index in [9.17, 15) is 4.79 Å². The summed E-state index contributed by atoms with van der Waals surface area (Å²) in [7, 11) is 0. The van der Waals surface area contributed by atoms with Crippen LogP contribution in [0.25, 0.3) is 0 Å². The highest BCUT2D eigenvalue weighted by Gasteiger charge is 2.28. The lowest BCUT2D eigenvalue weighted by atomic mass is 10.0. The lowest BCUT2D eigenvalue weighted by Crippen LogP contribution is -2.50. The third-order valence-corrected chi connectivity index (χ3v) is 4.12. The number of aryl methyl sites for hydroxylation is 1. The number of carbonyl (C=O) groups is 1. The van der Waals surface area contributed by atoms with Crippen LogP contribution >= 0.6 is 24.8 Å². The molecule has 1 amide bonds. The molecular weight excluding hydrogens is 351 g/mol. The fraction of sp³-hybridized carbons (Fsp3) is 0.688. The molecule has 0 unspecified atom stereocenters. The number of halogens is 2. The molecule has 1 aliphatic heterocycles. The Hall–Kier alpha value is -1.11. The number of hydrogen-bond acceptors (Lipinski definition) is 5. The molecule has 2 rings (SSSR count). The van der Waals surface area contributed by atoms with Crippen molar-refractivity contribution < 1.29 is 9.53 Å². The van der Waals surface area contributed by atoms with Gasteiger partial charge in [-0.3, -0.25) is 4.79 Å². The van der Waals surface area contributed by atoms with Crippen molar-refractivity contribution in [3.8, 4) is 6.01 Å². The standard InChI is InChI=1S/C16H26N4O2.2ClH/c1-4-12-9-18-16(19-10-12)22-13-5-7-20(8-6-13)15(21)14(17)11(2)3;;/h9-11,13-14H,4-8,17H2,1-3H3;2*1H/t14-;;/m0../s1. The van der Waals surface area contributed by atoms with E-state index < -0.39 is 6.04 Å². The molecule has 1 fully saturated rings. The Morgan fingerprint density at radius 2 is 1.83 bits per heavy atom. The van der Waals surface area contributed by atoms with Crippen molar-refractivity contribution in [1.29, 1.82) is 0 Å². The quantitative estimate of drug-likeness (QED) is 0.849. The minimum atomic E-state index is -0.414. The normalized spacial score (nSPS) is 16.1. The predicted octanol–water partition coefficient (Wildman–Crippen LogP) is 2.24. The lowest BCUT2D eigenvalue weighted by molar-refractivity contribution is -0.135. The van der Waals surface area contributed by atoms with Gasteiger partial charge in [0.15, 0.2) is 0 Å². The zero-order valence-electron chi connectivity index (χ0n) is 14.5. The molecule has 0 aromatic carbocycles. The van der Waals surface area contributed by atoms with Gasteiger partial charge >= 0.3 is 6.01 Å². The van der Waals surface area contributed by atoms with Crippen molar-refractivity contribution in [2.45, 2.75) is 52.2 Å². The molecule has 0 aliphatic carbocycles. The van der Waals surface area contributed by atoms with Crippen LogP contribution in [0.5, 0.6) is 6.01 Å². The molecule has 2 N–H and O–H groups in total. The number of amides is 1. The molecule has 1 atom stereocenters. The summed E-state index contributed by atoms with van der Waals surface area (Å²) >= 11 is 0. The van der Waals surface area contributed by atoms with Gasteiger partial charge in [0.25, 0.3) is 0 Å². The van der Waals surface area contributed by atoms with E-state index in [4.69, 9.17) is 10.5 Å². The Labute approximate surface area is 156 Å². The van der Waals surface area contributed by atoms with Crippen LogP contribution < -0.4 is 10.5 Å². The van der Waals surface area contributed by atoms with E-state index in [-0.39, 0.29) is 42.7 Å². The summed E-state index contributed by atoms with van der Waals surface area (Å²) < 4.78 is 5.80. The molecule has 8 heteroatoms. The van der Waals surface area contributed by atoms with Gasteiger partial charge in [0, 0.05) is 38.3 Å². The van der Waals surface area contributed by atoms with Crippen LogP contribution in [-0.2, 0) is 11.2 Å². The molecule has 0 spiro atoms. The minimum Gasteiger partial charge on any atom is -0.460 e. The van der Waals surface area contributed by atoms with Gasteiger partial charge < -0.3 is 15.4 Å².